The minimum atomic E-state index is -0.0274. The van der Waals surface area contributed by atoms with Crippen LogP contribution < -0.4 is 4.74 Å². The molecule has 0 radical (unpaired) electrons. The summed E-state index contributed by atoms with van der Waals surface area (Å²) >= 11 is 0. The highest BCUT2D eigenvalue weighted by atomic mass is 16.5. The number of fused-ring (bicyclic) bond motifs is 2. The predicted octanol–water partition coefficient (Wildman–Crippen LogP) is 4.99. The number of ketones is 2. The van der Waals surface area contributed by atoms with Gasteiger partial charge in [0.2, 0.25) is 0 Å². The third kappa shape index (κ3) is 3.61. The maximum Gasteiger partial charge on any atom is 0.187 e. The summed E-state index contributed by atoms with van der Waals surface area (Å²) in [6.07, 6.45) is 5.07. The molecule has 0 N–H and O–H groups in total. The average Bonchev–Trinajstić information content (AvgIpc) is 3.26. The van der Waals surface area contributed by atoms with Crippen molar-refractivity contribution in [1.29, 1.82) is 0 Å². The highest BCUT2D eigenvalue weighted by Crippen LogP contribution is 2.31. The van der Waals surface area contributed by atoms with Gasteiger partial charge in [-0.2, -0.15) is 0 Å². The minimum absolute atomic E-state index is 0.0274. The van der Waals surface area contributed by atoms with Gasteiger partial charge in [-0.15, -0.1) is 0 Å². The van der Waals surface area contributed by atoms with E-state index in [0.29, 0.717) is 35.8 Å². The van der Waals surface area contributed by atoms with E-state index in [9.17, 15) is 9.59 Å². The predicted molar refractivity (Wildman–Crippen MR) is 117 cm³/mol. The van der Waals surface area contributed by atoms with Gasteiger partial charge in [-0.25, -0.2) is 0 Å². The fourth-order valence-electron chi connectivity index (χ4n) is 4.35. The molecule has 4 nitrogen and oxygen atoms in total. The number of allylic oxidation sites excluding steroid dienone is 1. The van der Waals surface area contributed by atoms with Crippen LogP contribution in [0.15, 0.2) is 72.9 Å². The minimum Gasteiger partial charge on any atom is -0.492 e. The Labute approximate surface area is 175 Å². The number of carbonyl (C=O) groups excluding carboxylic acids is 2. The van der Waals surface area contributed by atoms with Crippen molar-refractivity contribution in [2.24, 2.45) is 0 Å². The number of likely N-dealkylation sites (tertiary alicyclic amines) is 1. The van der Waals surface area contributed by atoms with Crippen LogP contribution in [0.2, 0.25) is 0 Å². The quantitative estimate of drug-likeness (QED) is 0.460. The second-order valence-corrected chi connectivity index (χ2v) is 8.00. The molecule has 30 heavy (non-hydrogen) atoms. The highest BCUT2D eigenvalue weighted by molar-refractivity contribution is 6.08. The van der Waals surface area contributed by atoms with E-state index in [2.05, 4.69) is 29.2 Å². The molecule has 3 aromatic rings. The summed E-state index contributed by atoms with van der Waals surface area (Å²) in [6, 6.07) is 19.9. The molecular weight excluding hydrogens is 374 g/mol. The van der Waals surface area contributed by atoms with Gasteiger partial charge in [0.1, 0.15) is 5.75 Å². The zero-order valence-corrected chi connectivity index (χ0v) is 16.7. The molecule has 0 saturated carbocycles. The normalized spacial score (nSPS) is 18.6. The Morgan fingerprint density at radius 3 is 2.77 bits per heavy atom. The van der Waals surface area contributed by atoms with Gasteiger partial charge in [0.25, 0.3) is 0 Å². The van der Waals surface area contributed by atoms with Crippen LogP contribution >= 0.6 is 0 Å². The lowest BCUT2D eigenvalue weighted by Crippen LogP contribution is -2.15. The lowest BCUT2D eigenvalue weighted by molar-refractivity contribution is 0.0933. The molecule has 0 spiro atoms. The molecule has 1 atom stereocenters. The van der Waals surface area contributed by atoms with Crippen LogP contribution in [0.3, 0.4) is 0 Å². The average molecular weight is 397 g/mol. The van der Waals surface area contributed by atoms with E-state index in [-0.39, 0.29) is 11.6 Å². The van der Waals surface area contributed by atoms with Crippen molar-refractivity contribution in [2.75, 3.05) is 19.7 Å². The number of rotatable bonds is 4. The van der Waals surface area contributed by atoms with E-state index in [1.54, 1.807) is 6.08 Å². The third-order valence-corrected chi connectivity index (χ3v) is 6.04. The van der Waals surface area contributed by atoms with Crippen LogP contribution in [-0.4, -0.2) is 36.2 Å². The number of nitrogens with zero attached hydrogens (tertiary/aromatic N) is 1. The largest absolute Gasteiger partial charge is 0.492 e. The van der Waals surface area contributed by atoms with E-state index in [1.807, 2.05) is 42.6 Å². The van der Waals surface area contributed by atoms with Crippen molar-refractivity contribution in [1.82, 2.24) is 4.90 Å². The standard InChI is InChI=1S/C26H23NO3/c28-24(9-12-27-11-8-21(17-27)18-4-2-1-3-5-18)20-7-6-19-16-26-23(15-22(19)14-20)25(29)10-13-30-26/h1-7,9,12,14-16,21H,8,10-11,13,17H2/b12-9+. The zero-order valence-electron chi connectivity index (χ0n) is 16.7. The van der Waals surface area contributed by atoms with Crippen molar-refractivity contribution in [3.63, 3.8) is 0 Å². The first kappa shape index (κ1) is 18.6. The van der Waals surface area contributed by atoms with Gasteiger partial charge >= 0.3 is 0 Å². The summed E-state index contributed by atoms with van der Waals surface area (Å²) in [4.78, 5) is 27.1. The molecule has 1 fully saturated rings. The Morgan fingerprint density at radius 2 is 1.90 bits per heavy atom. The summed E-state index contributed by atoms with van der Waals surface area (Å²) < 4.78 is 5.61. The molecule has 1 unspecified atom stereocenters. The number of hydrogen-bond donors (Lipinski definition) is 0. The van der Waals surface area contributed by atoms with Gasteiger partial charge in [-0.1, -0.05) is 42.5 Å². The zero-order chi connectivity index (χ0) is 20.5. The Morgan fingerprint density at radius 1 is 1.03 bits per heavy atom. The monoisotopic (exact) mass is 397 g/mol. The maximum atomic E-state index is 12.7. The van der Waals surface area contributed by atoms with Crippen LogP contribution in [0.4, 0.5) is 0 Å². The molecule has 2 heterocycles. The number of ether oxygens (including phenoxy) is 1. The summed E-state index contributed by atoms with van der Waals surface area (Å²) in [6.45, 7) is 2.31. The smallest absolute Gasteiger partial charge is 0.187 e. The van der Waals surface area contributed by atoms with Gasteiger partial charge in [-0.3, -0.25) is 9.59 Å². The summed E-state index contributed by atoms with van der Waals surface area (Å²) in [5, 5.41) is 1.85. The molecule has 3 aromatic carbocycles. The number of benzene rings is 3. The molecule has 4 heteroatoms. The Bertz CT molecular complexity index is 1150. The third-order valence-electron chi connectivity index (χ3n) is 6.04. The molecule has 0 aliphatic carbocycles. The molecule has 2 aliphatic heterocycles. The van der Waals surface area contributed by atoms with Crippen LogP contribution in [0.25, 0.3) is 10.8 Å². The van der Waals surface area contributed by atoms with E-state index in [1.165, 1.54) is 5.56 Å². The second-order valence-electron chi connectivity index (χ2n) is 8.00. The van der Waals surface area contributed by atoms with Crippen LogP contribution in [-0.2, 0) is 0 Å². The van der Waals surface area contributed by atoms with Crippen LogP contribution in [0, 0.1) is 0 Å². The molecular formula is C26H23NO3. The molecule has 2 aliphatic rings. The SMILES string of the molecule is O=C(/C=C/N1CCC(c2ccccc2)C1)c1ccc2cc3c(cc2c1)C(=O)CCO3. The summed E-state index contributed by atoms with van der Waals surface area (Å²) in [5.41, 5.74) is 2.59. The Balaban J connectivity index is 1.32. The molecule has 0 aromatic heterocycles. The van der Waals surface area contributed by atoms with Crippen molar-refractivity contribution in [3.8, 4) is 5.75 Å². The second kappa shape index (κ2) is 7.79. The van der Waals surface area contributed by atoms with E-state index < -0.39 is 0 Å². The molecule has 150 valence electrons. The summed E-state index contributed by atoms with van der Waals surface area (Å²) in [7, 11) is 0. The van der Waals surface area contributed by atoms with E-state index in [4.69, 9.17) is 4.74 Å². The first-order valence-electron chi connectivity index (χ1n) is 10.4. The van der Waals surface area contributed by atoms with Gasteiger partial charge < -0.3 is 9.64 Å². The highest BCUT2D eigenvalue weighted by Gasteiger charge is 2.22. The maximum absolute atomic E-state index is 12.7. The van der Waals surface area contributed by atoms with Crippen LogP contribution in [0.1, 0.15) is 45.0 Å². The first-order valence-corrected chi connectivity index (χ1v) is 10.4. The van der Waals surface area contributed by atoms with Gasteiger partial charge in [0.15, 0.2) is 11.6 Å². The van der Waals surface area contributed by atoms with Crippen molar-refractivity contribution in [2.45, 2.75) is 18.8 Å². The number of Topliss-reactive ketones (excluding diaryl/α,β-unsaturated/α-hetero) is 1. The van der Waals surface area contributed by atoms with Crippen molar-refractivity contribution in [3.05, 3.63) is 89.6 Å². The van der Waals surface area contributed by atoms with E-state index in [0.717, 1.165) is 30.3 Å². The Kier molecular flexibility index (Phi) is 4.83. The molecule has 0 amide bonds. The molecule has 5 rings (SSSR count). The topological polar surface area (TPSA) is 46.6 Å². The van der Waals surface area contributed by atoms with E-state index >= 15 is 0 Å². The van der Waals surface area contributed by atoms with Gasteiger partial charge in [0, 0.05) is 43.3 Å². The van der Waals surface area contributed by atoms with Gasteiger partial charge in [-0.05, 0) is 41.0 Å². The van der Waals surface area contributed by atoms with Gasteiger partial charge in [0.05, 0.1) is 12.2 Å². The lowest BCUT2D eigenvalue weighted by atomic mass is 9.98. The fraction of sp³-hybridized carbons (Fsp3) is 0.231. The Hall–Kier alpha value is -3.40. The number of hydrogen-bond acceptors (Lipinski definition) is 4. The molecule has 1 saturated heterocycles. The lowest BCUT2D eigenvalue weighted by Gasteiger charge is -2.17. The van der Waals surface area contributed by atoms with Crippen molar-refractivity contribution < 1.29 is 14.3 Å². The fourth-order valence-corrected chi connectivity index (χ4v) is 4.35. The molecule has 0 bridgehead atoms. The van der Waals surface area contributed by atoms with Crippen molar-refractivity contribution >= 4 is 22.3 Å². The first-order chi connectivity index (χ1) is 14.7. The number of carbonyl (C=O) groups is 2. The van der Waals surface area contributed by atoms with Crippen LogP contribution in [0.5, 0.6) is 5.75 Å². The summed E-state index contributed by atoms with van der Waals surface area (Å²) in [5.74, 6) is 1.22.